The molecule has 0 saturated heterocycles. The fraction of sp³-hybridized carbons (Fsp3) is 0.357. The van der Waals surface area contributed by atoms with Gasteiger partial charge in [0.25, 0.3) is 0 Å². The Balaban J connectivity index is 2.60. The van der Waals surface area contributed by atoms with Gasteiger partial charge in [-0.25, -0.2) is 0 Å². The van der Waals surface area contributed by atoms with E-state index >= 15 is 0 Å². The molecule has 3 nitrogen and oxygen atoms in total. The Labute approximate surface area is 109 Å². The van der Waals surface area contributed by atoms with Gasteiger partial charge in [0.1, 0.15) is 0 Å². The van der Waals surface area contributed by atoms with Crippen LogP contribution in [0.5, 0.6) is 0 Å². The molecule has 0 radical (unpaired) electrons. The lowest BCUT2D eigenvalue weighted by molar-refractivity contribution is 0.415. The third-order valence-electron chi connectivity index (χ3n) is 3.25. The highest BCUT2D eigenvalue weighted by atomic mass is 28.4. The van der Waals surface area contributed by atoms with E-state index in [1.165, 1.54) is 5.19 Å². The second-order valence-electron chi connectivity index (χ2n) is 4.77. The fourth-order valence-corrected chi connectivity index (χ4v) is 3.93. The number of hydrogen-bond donors (Lipinski definition) is 0. The maximum Gasteiger partial charge on any atom is 0.223 e. The molecule has 0 N–H and O–H groups in total. The molecule has 2 aromatic rings. The Bertz CT molecular complexity index is 520. The van der Waals surface area contributed by atoms with E-state index in [4.69, 9.17) is 8.95 Å². The first kappa shape index (κ1) is 13.0. The standard InChI is InChI=1S/C14H19NO2Si/c1-5-12-14(18(3,4)16-2)13(17-15-12)11-9-7-6-8-10-11/h6-10H,5H2,1-4H3. The number of nitrogens with zero attached hydrogens (tertiary/aromatic N) is 1. The van der Waals surface area contributed by atoms with Gasteiger partial charge < -0.3 is 8.95 Å². The molecule has 0 saturated carbocycles. The molecular formula is C14H19NO2Si. The van der Waals surface area contributed by atoms with Gasteiger partial charge in [0.15, 0.2) is 5.76 Å². The summed E-state index contributed by atoms with van der Waals surface area (Å²) in [6.07, 6.45) is 0.867. The van der Waals surface area contributed by atoms with E-state index < -0.39 is 8.32 Å². The molecule has 0 aliphatic heterocycles. The van der Waals surface area contributed by atoms with Gasteiger partial charge >= 0.3 is 0 Å². The topological polar surface area (TPSA) is 35.3 Å². The van der Waals surface area contributed by atoms with Crippen LogP contribution in [0, 0.1) is 0 Å². The van der Waals surface area contributed by atoms with Gasteiger partial charge in [0.05, 0.1) is 5.69 Å². The van der Waals surface area contributed by atoms with Gasteiger partial charge in [-0.05, 0) is 19.5 Å². The molecule has 4 heteroatoms. The third kappa shape index (κ3) is 2.26. The third-order valence-corrected chi connectivity index (χ3v) is 5.99. The predicted molar refractivity (Wildman–Crippen MR) is 75.4 cm³/mol. The minimum Gasteiger partial charge on any atom is -0.416 e. The second kappa shape index (κ2) is 5.08. The lowest BCUT2D eigenvalue weighted by Crippen LogP contribution is -2.45. The first-order valence-corrected chi connectivity index (χ1v) is 9.10. The van der Waals surface area contributed by atoms with Gasteiger partial charge in [0.2, 0.25) is 8.32 Å². The van der Waals surface area contributed by atoms with Crippen LogP contribution in [0.15, 0.2) is 34.9 Å². The summed E-state index contributed by atoms with van der Waals surface area (Å²) in [5.74, 6) is 0.867. The van der Waals surface area contributed by atoms with Crippen LogP contribution in [0.2, 0.25) is 13.1 Å². The van der Waals surface area contributed by atoms with E-state index in [-0.39, 0.29) is 0 Å². The summed E-state index contributed by atoms with van der Waals surface area (Å²) in [4.78, 5) is 0. The Morgan fingerprint density at radius 1 is 1.22 bits per heavy atom. The molecule has 0 unspecified atom stereocenters. The van der Waals surface area contributed by atoms with Crippen molar-refractivity contribution in [3.05, 3.63) is 36.0 Å². The van der Waals surface area contributed by atoms with E-state index in [1.807, 2.05) is 30.3 Å². The summed E-state index contributed by atoms with van der Waals surface area (Å²) in [6, 6.07) is 10.1. The largest absolute Gasteiger partial charge is 0.416 e. The van der Waals surface area contributed by atoms with Crippen LogP contribution >= 0.6 is 0 Å². The van der Waals surface area contributed by atoms with E-state index in [1.54, 1.807) is 7.11 Å². The van der Waals surface area contributed by atoms with Crippen molar-refractivity contribution in [2.45, 2.75) is 26.4 Å². The molecule has 0 fully saturated rings. The van der Waals surface area contributed by atoms with Crippen LogP contribution in [-0.2, 0) is 10.8 Å². The van der Waals surface area contributed by atoms with Gasteiger partial charge in [-0.15, -0.1) is 0 Å². The van der Waals surface area contributed by atoms with Gasteiger partial charge in [-0.2, -0.15) is 0 Å². The highest BCUT2D eigenvalue weighted by Gasteiger charge is 2.33. The molecular weight excluding hydrogens is 242 g/mol. The Kier molecular flexibility index (Phi) is 3.68. The van der Waals surface area contributed by atoms with Crippen LogP contribution in [-0.4, -0.2) is 20.6 Å². The van der Waals surface area contributed by atoms with Crippen LogP contribution in [0.25, 0.3) is 11.3 Å². The zero-order chi connectivity index (χ0) is 13.2. The first-order chi connectivity index (χ1) is 8.60. The zero-order valence-electron chi connectivity index (χ0n) is 11.4. The fourth-order valence-electron chi connectivity index (χ4n) is 2.07. The highest BCUT2D eigenvalue weighted by Crippen LogP contribution is 2.22. The molecule has 18 heavy (non-hydrogen) atoms. The van der Waals surface area contributed by atoms with Crippen LogP contribution < -0.4 is 5.19 Å². The van der Waals surface area contributed by atoms with Gasteiger partial charge in [-0.1, -0.05) is 42.4 Å². The Morgan fingerprint density at radius 2 is 1.89 bits per heavy atom. The van der Waals surface area contributed by atoms with Crippen LogP contribution in [0.1, 0.15) is 12.6 Å². The van der Waals surface area contributed by atoms with Crippen molar-refractivity contribution in [1.29, 1.82) is 0 Å². The van der Waals surface area contributed by atoms with Crippen molar-refractivity contribution < 1.29 is 8.95 Å². The monoisotopic (exact) mass is 261 g/mol. The summed E-state index contributed by atoms with van der Waals surface area (Å²) >= 11 is 0. The molecule has 1 aromatic carbocycles. The SMILES string of the molecule is CCc1noc(-c2ccccc2)c1[Si](C)(C)OC. The summed E-state index contributed by atoms with van der Waals surface area (Å²) in [5.41, 5.74) is 2.09. The van der Waals surface area contributed by atoms with Crippen molar-refractivity contribution in [1.82, 2.24) is 5.16 Å². The number of benzene rings is 1. The number of hydrogen-bond acceptors (Lipinski definition) is 3. The molecule has 1 heterocycles. The number of aromatic nitrogens is 1. The van der Waals surface area contributed by atoms with Crippen LogP contribution in [0.3, 0.4) is 0 Å². The molecule has 96 valence electrons. The predicted octanol–water partition coefficient (Wildman–Crippen LogP) is 2.96. The quantitative estimate of drug-likeness (QED) is 0.794. The molecule has 0 aliphatic rings. The maximum absolute atomic E-state index is 5.73. The van der Waals surface area contributed by atoms with Crippen molar-refractivity contribution in [2.75, 3.05) is 7.11 Å². The first-order valence-electron chi connectivity index (χ1n) is 6.19. The number of aryl methyl sites for hydroxylation is 1. The Hall–Kier alpha value is -1.39. The van der Waals surface area contributed by atoms with E-state index in [9.17, 15) is 0 Å². The lowest BCUT2D eigenvalue weighted by Gasteiger charge is -2.20. The summed E-state index contributed by atoms with van der Waals surface area (Å²) in [5, 5.41) is 5.38. The summed E-state index contributed by atoms with van der Waals surface area (Å²) in [6.45, 7) is 6.44. The molecule has 1 aromatic heterocycles. The van der Waals surface area contributed by atoms with Gasteiger partial charge in [0, 0.05) is 17.9 Å². The highest BCUT2D eigenvalue weighted by molar-refractivity contribution is 6.85. The normalized spacial score (nSPS) is 11.8. The molecule has 0 amide bonds. The Morgan fingerprint density at radius 3 is 2.44 bits per heavy atom. The smallest absolute Gasteiger partial charge is 0.223 e. The van der Waals surface area contributed by atoms with Crippen molar-refractivity contribution in [3.63, 3.8) is 0 Å². The van der Waals surface area contributed by atoms with Gasteiger partial charge in [-0.3, -0.25) is 0 Å². The molecule has 0 aliphatic carbocycles. The maximum atomic E-state index is 5.73. The van der Waals surface area contributed by atoms with E-state index in [0.29, 0.717) is 0 Å². The van der Waals surface area contributed by atoms with Crippen molar-refractivity contribution in [3.8, 4) is 11.3 Å². The van der Waals surface area contributed by atoms with E-state index in [0.717, 1.165) is 23.4 Å². The van der Waals surface area contributed by atoms with Crippen molar-refractivity contribution in [2.24, 2.45) is 0 Å². The minimum atomic E-state index is -1.95. The second-order valence-corrected chi connectivity index (χ2v) is 8.70. The lowest BCUT2D eigenvalue weighted by atomic mass is 10.1. The summed E-state index contributed by atoms with van der Waals surface area (Å²) in [7, 11) is -0.179. The average Bonchev–Trinajstić information content (AvgIpc) is 2.84. The van der Waals surface area contributed by atoms with Crippen molar-refractivity contribution >= 4 is 13.5 Å². The van der Waals surface area contributed by atoms with Crippen LogP contribution in [0.4, 0.5) is 0 Å². The molecule has 0 spiro atoms. The molecule has 0 atom stereocenters. The molecule has 0 bridgehead atoms. The minimum absolute atomic E-state index is 0.867. The van der Waals surface area contributed by atoms with E-state index in [2.05, 4.69) is 25.2 Å². The summed E-state index contributed by atoms with van der Waals surface area (Å²) < 4.78 is 11.3. The number of rotatable bonds is 4. The zero-order valence-corrected chi connectivity index (χ0v) is 12.4. The molecule has 2 rings (SSSR count). The average molecular weight is 261 g/mol.